The van der Waals surface area contributed by atoms with Crippen LogP contribution in [-0.2, 0) is 16.4 Å². The predicted molar refractivity (Wildman–Crippen MR) is 82.9 cm³/mol. The lowest BCUT2D eigenvalue weighted by Crippen LogP contribution is -2.23. The van der Waals surface area contributed by atoms with Crippen molar-refractivity contribution in [1.29, 1.82) is 0 Å². The lowest BCUT2D eigenvalue weighted by Gasteiger charge is -2.06. The van der Waals surface area contributed by atoms with Gasteiger partial charge < -0.3 is 5.32 Å². The van der Waals surface area contributed by atoms with E-state index in [4.69, 9.17) is 0 Å². The summed E-state index contributed by atoms with van der Waals surface area (Å²) in [5, 5.41) is 7.44. The van der Waals surface area contributed by atoms with Crippen LogP contribution in [-0.4, -0.2) is 37.0 Å². The Bertz CT molecular complexity index is 651. The summed E-state index contributed by atoms with van der Waals surface area (Å²) in [6, 6.07) is 8.59. The van der Waals surface area contributed by atoms with E-state index in [0.717, 1.165) is 18.7 Å². The molecular formula is C15H21N3O2S. The number of aryl methyl sites for hydroxylation is 1. The maximum absolute atomic E-state index is 12.0. The van der Waals surface area contributed by atoms with Crippen LogP contribution in [0.3, 0.4) is 0 Å². The minimum Gasteiger partial charge on any atom is -0.315 e. The number of hydrogen-bond donors (Lipinski definition) is 1. The predicted octanol–water partition coefficient (Wildman–Crippen LogP) is 1.65. The average Bonchev–Trinajstić information content (AvgIpc) is 2.89. The molecule has 2 aromatic rings. The number of aromatic nitrogens is 2. The molecule has 0 aliphatic carbocycles. The van der Waals surface area contributed by atoms with Crippen molar-refractivity contribution in [2.24, 2.45) is 0 Å². The molecule has 1 aromatic carbocycles. The Morgan fingerprint density at radius 2 is 1.95 bits per heavy atom. The summed E-state index contributed by atoms with van der Waals surface area (Å²) in [5.74, 6) is 0.172. The van der Waals surface area contributed by atoms with E-state index in [1.807, 2.05) is 30.1 Å². The maximum atomic E-state index is 12.0. The molecule has 21 heavy (non-hydrogen) atoms. The Labute approximate surface area is 125 Å². The molecule has 0 fully saturated rings. The van der Waals surface area contributed by atoms with Crippen molar-refractivity contribution in [3.05, 3.63) is 48.3 Å². The van der Waals surface area contributed by atoms with E-state index in [0.29, 0.717) is 17.9 Å². The SMILES string of the molecule is Cc1cnn(CCNCCCS(=O)(=O)c2ccccc2)c1. The molecule has 0 atom stereocenters. The van der Waals surface area contributed by atoms with Gasteiger partial charge in [0.15, 0.2) is 9.84 Å². The fourth-order valence-corrected chi connectivity index (χ4v) is 3.37. The molecule has 0 aliphatic heterocycles. The number of rotatable bonds is 8. The molecule has 0 amide bonds. The van der Waals surface area contributed by atoms with Crippen LogP contribution < -0.4 is 5.32 Å². The van der Waals surface area contributed by atoms with Crippen molar-refractivity contribution in [2.75, 3.05) is 18.8 Å². The average molecular weight is 307 g/mol. The molecule has 0 unspecified atom stereocenters. The Kier molecular flexibility index (Phi) is 5.52. The molecule has 0 spiro atoms. The van der Waals surface area contributed by atoms with Crippen LogP contribution in [0.15, 0.2) is 47.6 Å². The minimum atomic E-state index is -3.15. The first-order valence-electron chi connectivity index (χ1n) is 7.05. The van der Waals surface area contributed by atoms with Crippen LogP contribution in [0.1, 0.15) is 12.0 Å². The summed E-state index contributed by atoms with van der Waals surface area (Å²) in [6.07, 6.45) is 4.42. The van der Waals surface area contributed by atoms with Gasteiger partial charge in [-0.15, -0.1) is 0 Å². The fourth-order valence-electron chi connectivity index (χ4n) is 2.04. The summed E-state index contributed by atoms with van der Waals surface area (Å²) >= 11 is 0. The molecule has 114 valence electrons. The smallest absolute Gasteiger partial charge is 0.178 e. The highest BCUT2D eigenvalue weighted by Crippen LogP contribution is 2.10. The fraction of sp³-hybridized carbons (Fsp3) is 0.400. The summed E-state index contributed by atoms with van der Waals surface area (Å²) in [6.45, 7) is 4.27. The first kappa shape index (κ1) is 15.7. The number of nitrogens with zero attached hydrogens (tertiary/aromatic N) is 2. The van der Waals surface area contributed by atoms with E-state index in [1.165, 1.54) is 0 Å². The topological polar surface area (TPSA) is 64.0 Å². The van der Waals surface area contributed by atoms with Crippen molar-refractivity contribution < 1.29 is 8.42 Å². The lowest BCUT2D eigenvalue weighted by atomic mass is 10.4. The summed E-state index contributed by atoms with van der Waals surface area (Å²) in [4.78, 5) is 0.400. The van der Waals surface area contributed by atoms with Gasteiger partial charge in [0.25, 0.3) is 0 Å². The molecule has 2 rings (SSSR count). The van der Waals surface area contributed by atoms with E-state index < -0.39 is 9.84 Å². The van der Waals surface area contributed by atoms with Crippen molar-refractivity contribution in [3.63, 3.8) is 0 Å². The molecule has 1 heterocycles. The monoisotopic (exact) mass is 307 g/mol. The van der Waals surface area contributed by atoms with Gasteiger partial charge in [0.05, 0.1) is 23.4 Å². The van der Waals surface area contributed by atoms with Crippen LogP contribution in [0.5, 0.6) is 0 Å². The zero-order valence-electron chi connectivity index (χ0n) is 12.2. The second-order valence-electron chi connectivity index (χ2n) is 5.02. The molecular weight excluding hydrogens is 286 g/mol. The maximum Gasteiger partial charge on any atom is 0.178 e. The van der Waals surface area contributed by atoms with Gasteiger partial charge in [0.1, 0.15) is 0 Å². The van der Waals surface area contributed by atoms with Gasteiger partial charge in [-0.2, -0.15) is 5.10 Å². The molecule has 0 saturated heterocycles. The Balaban J connectivity index is 1.66. The van der Waals surface area contributed by atoms with Crippen molar-refractivity contribution in [1.82, 2.24) is 15.1 Å². The van der Waals surface area contributed by atoms with Gasteiger partial charge in [0.2, 0.25) is 0 Å². The number of nitrogens with one attached hydrogen (secondary N) is 1. The molecule has 0 aliphatic rings. The van der Waals surface area contributed by atoms with Crippen LogP contribution in [0.4, 0.5) is 0 Å². The van der Waals surface area contributed by atoms with Gasteiger partial charge in [-0.05, 0) is 37.6 Å². The van der Waals surface area contributed by atoms with Crippen LogP contribution >= 0.6 is 0 Å². The number of benzene rings is 1. The quantitative estimate of drug-likeness (QED) is 0.753. The van der Waals surface area contributed by atoms with Crippen molar-refractivity contribution >= 4 is 9.84 Å². The van der Waals surface area contributed by atoms with Crippen molar-refractivity contribution in [3.8, 4) is 0 Å². The Morgan fingerprint density at radius 1 is 1.19 bits per heavy atom. The Morgan fingerprint density at radius 3 is 2.62 bits per heavy atom. The largest absolute Gasteiger partial charge is 0.315 e. The molecule has 5 nitrogen and oxygen atoms in total. The van der Waals surface area contributed by atoms with Gasteiger partial charge in [0, 0.05) is 12.7 Å². The first-order chi connectivity index (χ1) is 10.1. The molecule has 0 radical (unpaired) electrons. The third-order valence-electron chi connectivity index (χ3n) is 3.15. The zero-order chi connectivity index (χ0) is 15.1. The highest BCUT2D eigenvalue weighted by molar-refractivity contribution is 7.91. The second-order valence-corrected chi connectivity index (χ2v) is 7.13. The van der Waals surface area contributed by atoms with Crippen LogP contribution in [0, 0.1) is 6.92 Å². The molecule has 0 saturated carbocycles. The van der Waals surface area contributed by atoms with Crippen LogP contribution in [0.25, 0.3) is 0 Å². The van der Waals surface area contributed by atoms with E-state index in [9.17, 15) is 8.42 Å². The van der Waals surface area contributed by atoms with E-state index in [2.05, 4.69) is 10.4 Å². The van der Waals surface area contributed by atoms with Crippen molar-refractivity contribution in [2.45, 2.75) is 24.8 Å². The highest BCUT2D eigenvalue weighted by Gasteiger charge is 2.12. The van der Waals surface area contributed by atoms with E-state index in [-0.39, 0.29) is 5.75 Å². The zero-order valence-corrected chi connectivity index (χ0v) is 13.0. The number of hydrogen-bond acceptors (Lipinski definition) is 4. The lowest BCUT2D eigenvalue weighted by molar-refractivity contribution is 0.549. The summed E-state index contributed by atoms with van der Waals surface area (Å²) in [7, 11) is -3.15. The van der Waals surface area contributed by atoms with Gasteiger partial charge in [-0.25, -0.2) is 8.42 Å². The van der Waals surface area contributed by atoms with E-state index >= 15 is 0 Å². The summed E-state index contributed by atoms with van der Waals surface area (Å²) in [5.41, 5.74) is 1.14. The summed E-state index contributed by atoms with van der Waals surface area (Å²) < 4.78 is 26.0. The molecule has 1 N–H and O–H groups in total. The Hall–Kier alpha value is -1.66. The number of sulfone groups is 1. The normalized spacial score (nSPS) is 11.7. The van der Waals surface area contributed by atoms with E-state index in [1.54, 1.807) is 24.3 Å². The molecule has 6 heteroatoms. The first-order valence-corrected chi connectivity index (χ1v) is 8.71. The minimum absolute atomic E-state index is 0.172. The van der Waals surface area contributed by atoms with Gasteiger partial charge >= 0.3 is 0 Å². The highest BCUT2D eigenvalue weighted by atomic mass is 32.2. The third kappa shape index (κ3) is 4.99. The standard InChI is InChI=1S/C15H21N3O2S/c1-14-12-17-18(13-14)10-9-16-8-5-11-21(19,20)15-6-3-2-4-7-15/h2-4,6-7,12-13,16H,5,8-11H2,1H3. The second kappa shape index (κ2) is 7.38. The molecule has 0 bridgehead atoms. The third-order valence-corrected chi connectivity index (χ3v) is 4.97. The van der Waals surface area contributed by atoms with Gasteiger partial charge in [-0.3, -0.25) is 4.68 Å². The van der Waals surface area contributed by atoms with Gasteiger partial charge in [-0.1, -0.05) is 18.2 Å². The van der Waals surface area contributed by atoms with Crippen LogP contribution in [0.2, 0.25) is 0 Å². The molecule has 1 aromatic heterocycles.